The van der Waals surface area contributed by atoms with E-state index in [4.69, 9.17) is 14.9 Å². The summed E-state index contributed by atoms with van der Waals surface area (Å²) in [6.07, 6.45) is 0. The number of rotatable bonds is 7. The van der Waals surface area contributed by atoms with Crippen LogP contribution in [0, 0.1) is 20.8 Å². The standard InChI is InChI=1S/C22H23N5O5/c1-5-31-21(30)16-13(4)32-20(17(16)18(23)28)27-19(29)14-6-8-15(9-7-14)26-22-24-11(2)10-12(3)25-22/h6-10H,5H2,1-4H3,(H2,23,28)(H,27,29)(H,24,25,26). The van der Waals surface area contributed by atoms with Crippen molar-refractivity contribution in [1.29, 1.82) is 0 Å². The minimum Gasteiger partial charge on any atom is -0.462 e. The van der Waals surface area contributed by atoms with Gasteiger partial charge in [-0.2, -0.15) is 0 Å². The highest BCUT2D eigenvalue weighted by Crippen LogP contribution is 2.28. The predicted molar refractivity (Wildman–Crippen MR) is 117 cm³/mol. The molecular formula is C22H23N5O5. The Balaban J connectivity index is 1.79. The molecule has 0 aliphatic rings. The highest BCUT2D eigenvalue weighted by Gasteiger charge is 2.29. The zero-order valence-electron chi connectivity index (χ0n) is 18.1. The molecule has 32 heavy (non-hydrogen) atoms. The summed E-state index contributed by atoms with van der Waals surface area (Å²) in [5, 5.41) is 5.57. The molecule has 0 bridgehead atoms. The number of primary amides is 1. The first-order valence-corrected chi connectivity index (χ1v) is 9.80. The fourth-order valence-corrected chi connectivity index (χ4v) is 3.11. The Kier molecular flexibility index (Phi) is 6.53. The van der Waals surface area contributed by atoms with Gasteiger partial charge in [0.2, 0.25) is 11.8 Å². The molecule has 3 aromatic rings. The van der Waals surface area contributed by atoms with Crippen molar-refractivity contribution >= 4 is 35.3 Å². The Morgan fingerprint density at radius 1 is 1.03 bits per heavy atom. The van der Waals surface area contributed by atoms with Crippen molar-refractivity contribution in [3.05, 3.63) is 64.2 Å². The quantitative estimate of drug-likeness (QED) is 0.477. The van der Waals surface area contributed by atoms with Gasteiger partial charge in [0.05, 0.1) is 6.61 Å². The van der Waals surface area contributed by atoms with Gasteiger partial charge in [0.1, 0.15) is 16.9 Å². The van der Waals surface area contributed by atoms with Crippen LogP contribution < -0.4 is 16.4 Å². The van der Waals surface area contributed by atoms with Gasteiger partial charge < -0.3 is 20.2 Å². The number of nitrogens with one attached hydrogen (secondary N) is 2. The lowest BCUT2D eigenvalue weighted by atomic mass is 10.1. The van der Waals surface area contributed by atoms with Crippen molar-refractivity contribution in [2.75, 3.05) is 17.2 Å². The monoisotopic (exact) mass is 437 g/mol. The summed E-state index contributed by atoms with van der Waals surface area (Å²) in [5.74, 6) is -1.89. The second kappa shape index (κ2) is 9.29. The maximum absolute atomic E-state index is 12.7. The van der Waals surface area contributed by atoms with E-state index >= 15 is 0 Å². The number of ether oxygens (including phenoxy) is 1. The van der Waals surface area contributed by atoms with Crippen LogP contribution in [0.25, 0.3) is 0 Å². The van der Waals surface area contributed by atoms with E-state index in [1.807, 2.05) is 19.9 Å². The molecular weight excluding hydrogens is 414 g/mol. The largest absolute Gasteiger partial charge is 0.462 e. The number of carbonyl (C=O) groups is 3. The molecule has 0 aliphatic carbocycles. The number of amides is 2. The van der Waals surface area contributed by atoms with E-state index < -0.39 is 17.8 Å². The van der Waals surface area contributed by atoms with Gasteiger partial charge in [0, 0.05) is 22.6 Å². The maximum atomic E-state index is 12.7. The molecule has 0 fully saturated rings. The first-order valence-electron chi connectivity index (χ1n) is 9.80. The lowest BCUT2D eigenvalue weighted by Gasteiger charge is -2.08. The smallest absolute Gasteiger partial charge is 0.342 e. The average molecular weight is 437 g/mol. The van der Waals surface area contributed by atoms with Crippen LogP contribution in [0.15, 0.2) is 34.7 Å². The van der Waals surface area contributed by atoms with Crippen molar-refractivity contribution in [2.24, 2.45) is 5.73 Å². The van der Waals surface area contributed by atoms with E-state index in [0.717, 1.165) is 11.4 Å². The van der Waals surface area contributed by atoms with Crippen molar-refractivity contribution in [3.63, 3.8) is 0 Å². The first-order chi connectivity index (χ1) is 15.2. The lowest BCUT2D eigenvalue weighted by molar-refractivity contribution is 0.0521. The molecule has 2 aromatic heterocycles. The number of hydrogen-bond donors (Lipinski definition) is 3. The average Bonchev–Trinajstić information content (AvgIpc) is 3.04. The van der Waals surface area contributed by atoms with Crippen LogP contribution in [0.2, 0.25) is 0 Å². The van der Waals surface area contributed by atoms with Gasteiger partial charge in [-0.05, 0) is 58.0 Å². The Morgan fingerprint density at radius 3 is 2.22 bits per heavy atom. The highest BCUT2D eigenvalue weighted by atomic mass is 16.5. The molecule has 0 saturated carbocycles. The van der Waals surface area contributed by atoms with E-state index in [1.54, 1.807) is 31.2 Å². The van der Waals surface area contributed by atoms with Crippen LogP contribution in [0.5, 0.6) is 0 Å². The normalized spacial score (nSPS) is 10.5. The molecule has 0 saturated heterocycles. The summed E-state index contributed by atoms with van der Waals surface area (Å²) in [6.45, 7) is 6.96. The van der Waals surface area contributed by atoms with E-state index in [-0.39, 0.29) is 29.4 Å². The minimum absolute atomic E-state index is 0.108. The number of anilines is 3. The molecule has 2 amide bonds. The minimum atomic E-state index is -0.923. The third-order valence-electron chi connectivity index (χ3n) is 4.42. The zero-order chi connectivity index (χ0) is 23.4. The summed E-state index contributed by atoms with van der Waals surface area (Å²) in [6, 6.07) is 8.38. The SMILES string of the molecule is CCOC(=O)c1c(C)oc(NC(=O)c2ccc(Nc3nc(C)cc(C)n3)cc2)c1C(N)=O. The molecule has 10 heteroatoms. The Hall–Kier alpha value is -4.21. The summed E-state index contributed by atoms with van der Waals surface area (Å²) >= 11 is 0. The van der Waals surface area contributed by atoms with Gasteiger partial charge in [-0.15, -0.1) is 0 Å². The molecule has 0 unspecified atom stereocenters. The number of aryl methyl sites for hydroxylation is 3. The van der Waals surface area contributed by atoms with Gasteiger partial charge in [0.15, 0.2) is 0 Å². The second-order valence-electron chi connectivity index (χ2n) is 6.95. The summed E-state index contributed by atoms with van der Waals surface area (Å²) in [5.41, 5.74) is 7.70. The molecule has 1 aromatic carbocycles. The topological polar surface area (TPSA) is 149 Å². The Morgan fingerprint density at radius 2 is 1.66 bits per heavy atom. The fourth-order valence-electron chi connectivity index (χ4n) is 3.11. The van der Waals surface area contributed by atoms with Crippen LogP contribution in [-0.2, 0) is 4.74 Å². The molecule has 0 radical (unpaired) electrons. The first kappa shape index (κ1) is 22.5. The lowest BCUT2D eigenvalue weighted by Crippen LogP contribution is -2.20. The maximum Gasteiger partial charge on any atom is 0.342 e. The summed E-state index contributed by atoms with van der Waals surface area (Å²) in [7, 11) is 0. The van der Waals surface area contributed by atoms with Crippen molar-refractivity contribution in [1.82, 2.24) is 9.97 Å². The highest BCUT2D eigenvalue weighted by molar-refractivity contribution is 6.12. The van der Waals surface area contributed by atoms with E-state index in [9.17, 15) is 14.4 Å². The number of nitrogens with zero attached hydrogens (tertiary/aromatic N) is 2. The van der Waals surface area contributed by atoms with Crippen LogP contribution in [0.4, 0.5) is 17.5 Å². The second-order valence-corrected chi connectivity index (χ2v) is 6.95. The summed E-state index contributed by atoms with van der Waals surface area (Å²) < 4.78 is 10.4. The fraction of sp³-hybridized carbons (Fsp3) is 0.227. The van der Waals surface area contributed by atoms with Crippen molar-refractivity contribution in [3.8, 4) is 0 Å². The molecule has 0 atom stereocenters. The van der Waals surface area contributed by atoms with E-state index in [2.05, 4.69) is 20.6 Å². The number of carbonyl (C=O) groups excluding carboxylic acids is 3. The van der Waals surface area contributed by atoms with E-state index in [1.165, 1.54) is 6.92 Å². The molecule has 0 spiro atoms. The van der Waals surface area contributed by atoms with Crippen molar-refractivity contribution in [2.45, 2.75) is 27.7 Å². The predicted octanol–water partition coefficient (Wildman–Crippen LogP) is 3.27. The van der Waals surface area contributed by atoms with Gasteiger partial charge in [-0.3, -0.25) is 14.9 Å². The number of furan rings is 1. The third-order valence-corrected chi connectivity index (χ3v) is 4.42. The third kappa shape index (κ3) is 4.91. The number of nitrogens with two attached hydrogens (primary N) is 1. The van der Waals surface area contributed by atoms with Gasteiger partial charge in [-0.25, -0.2) is 14.8 Å². The number of esters is 1. The molecule has 166 valence electrons. The molecule has 3 rings (SSSR count). The summed E-state index contributed by atoms with van der Waals surface area (Å²) in [4.78, 5) is 45.4. The molecule has 0 aliphatic heterocycles. The number of aromatic nitrogens is 2. The van der Waals surface area contributed by atoms with Gasteiger partial charge in [0.25, 0.3) is 11.8 Å². The van der Waals surface area contributed by atoms with E-state index in [0.29, 0.717) is 17.2 Å². The van der Waals surface area contributed by atoms with Gasteiger partial charge in [-0.1, -0.05) is 0 Å². The Bertz CT molecular complexity index is 1160. The number of hydrogen-bond acceptors (Lipinski definition) is 8. The van der Waals surface area contributed by atoms with Gasteiger partial charge >= 0.3 is 5.97 Å². The number of benzene rings is 1. The van der Waals surface area contributed by atoms with Crippen LogP contribution in [0.1, 0.15) is 55.1 Å². The molecule has 4 N–H and O–H groups in total. The van der Waals surface area contributed by atoms with Crippen LogP contribution in [0.3, 0.4) is 0 Å². The zero-order valence-corrected chi connectivity index (χ0v) is 18.1. The van der Waals surface area contributed by atoms with Crippen LogP contribution in [-0.4, -0.2) is 34.4 Å². The Labute approximate surface area is 184 Å². The molecule has 2 heterocycles. The molecule has 10 nitrogen and oxygen atoms in total. The van der Waals surface area contributed by atoms with Crippen LogP contribution >= 0.6 is 0 Å². The van der Waals surface area contributed by atoms with Crippen molar-refractivity contribution < 1.29 is 23.5 Å².